The van der Waals surface area contributed by atoms with Gasteiger partial charge >= 0.3 is 5.97 Å². The maximum Gasteiger partial charge on any atom is 0.352 e. The highest BCUT2D eigenvalue weighted by atomic mass is 16.4. The number of aromatic carboxylic acids is 1. The van der Waals surface area contributed by atoms with Gasteiger partial charge in [-0.25, -0.2) is 4.79 Å². The minimum atomic E-state index is -1.11. The van der Waals surface area contributed by atoms with Crippen LogP contribution in [0.2, 0.25) is 0 Å². The van der Waals surface area contributed by atoms with Crippen molar-refractivity contribution in [2.45, 2.75) is 19.4 Å². The summed E-state index contributed by atoms with van der Waals surface area (Å²) in [5.74, 6) is -1.31. The van der Waals surface area contributed by atoms with Gasteiger partial charge in [0, 0.05) is 12.0 Å². The molecular weight excluding hydrogens is 186 g/mol. The Bertz CT molecular complexity index is 432. The van der Waals surface area contributed by atoms with Gasteiger partial charge in [-0.2, -0.15) is 0 Å². The second-order valence-corrected chi connectivity index (χ2v) is 3.36. The summed E-state index contributed by atoms with van der Waals surface area (Å²) in [6, 6.07) is 0. The monoisotopic (exact) mass is 195 g/mol. The van der Waals surface area contributed by atoms with E-state index >= 15 is 0 Å². The summed E-state index contributed by atoms with van der Waals surface area (Å²) >= 11 is 0. The third kappa shape index (κ3) is 0.990. The largest absolute Gasteiger partial charge is 0.477 e. The molecule has 0 bridgehead atoms. The van der Waals surface area contributed by atoms with Gasteiger partial charge in [0.25, 0.3) is 0 Å². The van der Waals surface area contributed by atoms with Crippen LogP contribution in [0.3, 0.4) is 0 Å². The van der Waals surface area contributed by atoms with E-state index in [1.54, 1.807) is 6.92 Å². The van der Waals surface area contributed by atoms with Crippen LogP contribution in [-0.4, -0.2) is 26.9 Å². The van der Waals surface area contributed by atoms with Gasteiger partial charge in [-0.05, 0) is 12.5 Å². The normalized spacial score (nSPS) is 19.9. The first kappa shape index (κ1) is 8.96. The summed E-state index contributed by atoms with van der Waals surface area (Å²) in [6.45, 7) is 1.56. The lowest BCUT2D eigenvalue weighted by molar-refractivity contribution is 0.0689. The fourth-order valence-corrected chi connectivity index (χ4v) is 1.82. The number of aliphatic hydroxyl groups excluding tert-OH is 1. The molecule has 5 heteroatoms. The first-order valence-corrected chi connectivity index (χ1v) is 4.19. The number of H-pyrrole nitrogens is 1. The summed E-state index contributed by atoms with van der Waals surface area (Å²) < 4.78 is 0. The van der Waals surface area contributed by atoms with E-state index in [-0.39, 0.29) is 17.9 Å². The minimum absolute atomic E-state index is 0.0119. The minimum Gasteiger partial charge on any atom is -0.477 e. The van der Waals surface area contributed by atoms with Crippen molar-refractivity contribution >= 4 is 11.8 Å². The number of ketones is 1. The van der Waals surface area contributed by atoms with Crippen molar-refractivity contribution < 1.29 is 19.8 Å². The molecule has 5 nitrogen and oxygen atoms in total. The topological polar surface area (TPSA) is 90.4 Å². The van der Waals surface area contributed by atoms with Crippen molar-refractivity contribution in [2.24, 2.45) is 0 Å². The van der Waals surface area contributed by atoms with Gasteiger partial charge in [0.2, 0.25) is 0 Å². The number of aromatic nitrogens is 1. The highest BCUT2D eigenvalue weighted by Crippen LogP contribution is 2.33. The molecule has 3 N–H and O–H groups in total. The number of hydrogen-bond acceptors (Lipinski definition) is 3. The van der Waals surface area contributed by atoms with E-state index in [2.05, 4.69) is 4.98 Å². The van der Waals surface area contributed by atoms with Gasteiger partial charge in [-0.1, -0.05) is 0 Å². The number of aliphatic hydroxyl groups is 1. The molecule has 0 saturated carbocycles. The number of carboxylic acids is 1. The summed E-state index contributed by atoms with van der Waals surface area (Å²) in [6.07, 6.45) is -0.841. The SMILES string of the molecule is Cc1c(C(=O)O)[nH]c2c1C(=O)C[C@@H]2O. The maximum absolute atomic E-state index is 11.4. The zero-order valence-electron chi connectivity index (χ0n) is 7.50. The third-order valence-corrected chi connectivity index (χ3v) is 2.48. The molecule has 14 heavy (non-hydrogen) atoms. The summed E-state index contributed by atoms with van der Waals surface area (Å²) in [5, 5.41) is 18.2. The van der Waals surface area contributed by atoms with Crippen LogP contribution in [0.15, 0.2) is 0 Å². The molecule has 1 aromatic rings. The summed E-state index contributed by atoms with van der Waals surface area (Å²) in [4.78, 5) is 24.6. The molecule has 0 radical (unpaired) electrons. The fourth-order valence-electron chi connectivity index (χ4n) is 1.82. The predicted molar refractivity (Wildman–Crippen MR) is 46.4 cm³/mol. The molecule has 0 aliphatic heterocycles. The second-order valence-electron chi connectivity index (χ2n) is 3.36. The van der Waals surface area contributed by atoms with Gasteiger partial charge in [0.1, 0.15) is 11.8 Å². The Morgan fingerprint density at radius 3 is 2.71 bits per heavy atom. The van der Waals surface area contributed by atoms with Gasteiger partial charge in [0.05, 0.1) is 5.69 Å². The molecule has 1 aliphatic carbocycles. The number of carboxylic acid groups (broad SMARTS) is 1. The van der Waals surface area contributed by atoms with E-state index in [0.29, 0.717) is 16.8 Å². The van der Waals surface area contributed by atoms with Crippen LogP contribution in [0.25, 0.3) is 0 Å². The lowest BCUT2D eigenvalue weighted by Crippen LogP contribution is -2.03. The highest BCUT2D eigenvalue weighted by Gasteiger charge is 2.34. The molecular formula is C9H9NO4. The van der Waals surface area contributed by atoms with Crippen LogP contribution in [0.5, 0.6) is 0 Å². The van der Waals surface area contributed by atoms with E-state index in [1.807, 2.05) is 0 Å². The summed E-state index contributed by atoms with van der Waals surface area (Å²) in [7, 11) is 0. The number of aromatic amines is 1. The molecule has 1 aliphatic rings. The van der Waals surface area contributed by atoms with Crippen LogP contribution in [-0.2, 0) is 0 Å². The third-order valence-electron chi connectivity index (χ3n) is 2.48. The molecule has 2 rings (SSSR count). The molecule has 0 unspecified atom stereocenters. The molecule has 0 amide bonds. The Hall–Kier alpha value is -1.62. The predicted octanol–water partition coefficient (Wildman–Crippen LogP) is 0.641. The van der Waals surface area contributed by atoms with E-state index in [4.69, 9.17) is 5.11 Å². The lowest BCUT2D eigenvalue weighted by atomic mass is 10.1. The van der Waals surface area contributed by atoms with Crippen molar-refractivity contribution in [1.82, 2.24) is 4.98 Å². The van der Waals surface area contributed by atoms with Crippen molar-refractivity contribution in [1.29, 1.82) is 0 Å². The highest BCUT2D eigenvalue weighted by molar-refractivity contribution is 6.04. The number of carbonyl (C=O) groups is 2. The fraction of sp³-hybridized carbons (Fsp3) is 0.333. The molecule has 0 spiro atoms. The number of hydrogen-bond donors (Lipinski definition) is 3. The number of Topliss-reactive ketones (excluding diaryl/α,β-unsaturated/α-hetero) is 1. The van der Waals surface area contributed by atoms with E-state index in [9.17, 15) is 14.7 Å². The Kier molecular flexibility index (Phi) is 1.72. The Morgan fingerprint density at radius 2 is 2.21 bits per heavy atom. The van der Waals surface area contributed by atoms with Crippen molar-refractivity contribution in [3.05, 3.63) is 22.5 Å². The van der Waals surface area contributed by atoms with E-state index in [1.165, 1.54) is 0 Å². The van der Waals surface area contributed by atoms with Crippen LogP contribution >= 0.6 is 0 Å². The van der Waals surface area contributed by atoms with Crippen LogP contribution < -0.4 is 0 Å². The van der Waals surface area contributed by atoms with Crippen molar-refractivity contribution in [2.75, 3.05) is 0 Å². The zero-order chi connectivity index (χ0) is 10.5. The first-order chi connectivity index (χ1) is 6.52. The first-order valence-electron chi connectivity index (χ1n) is 4.19. The molecule has 1 aromatic heterocycles. The molecule has 74 valence electrons. The van der Waals surface area contributed by atoms with E-state index in [0.717, 1.165) is 0 Å². The van der Waals surface area contributed by atoms with Crippen LogP contribution in [0, 0.1) is 6.92 Å². The zero-order valence-corrected chi connectivity index (χ0v) is 7.50. The average Bonchev–Trinajstić information content (AvgIpc) is 2.54. The van der Waals surface area contributed by atoms with E-state index < -0.39 is 12.1 Å². The van der Waals surface area contributed by atoms with Crippen molar-refractivity contribution in [3.8, 4) is 0 Å². The number of rotatable bonds is 1. The standard InChI is InChI=1S/C9H9NO4/c1-3-6-4(11)2-5(12)8(6)10-7(3)9(13)14/h5,10,12H,2H2,1H3,(H,13,14)/t5-/m0/s1. The number of carbonyl (C=O) groups excluding carboxylic acids is 1. The molecule has 0 aromatic carbocycles. The average molecular weight is 195 g/mol. The van der Waals surface area contributed by atoms with Gasteiger partial charge in [-0.3, -0.25) is 4.79 Å². The Balaban J connectivity index is 2.64. The molecule has 1 atom stereocenters. The maximum atomic E-state index is 11.4. The number of nitrogens with one attached hydrogen (secondary N) is 1. The van der Waals surface area contributed by atoms with Crippen LogP contribution in [0.4, 0.5) is 0 Å². The smallest absolute Gasteiger partial charge is 0.352 e. The molecule has 1 heterocycles. The van der Waals surface area contributed by atoms with Crippen molar-refractivity contribution in [3.63, 3.8) is 0 Å². The molecule has 0 fully saturated rings. The van der Waals surface area contributed by atoms with Crippen LogP contribution in [0.1, 0.15) is 44.6 Å². The Morgan fingerprint density at radius 1 is 1.57 bits per heavy atom. The Labute approximate surface area is 79.4 Å². The molecule has 0 saturated heterocycles. The second kappa shape index (κ2) is 2.68. The van der Waals surface area contributed by atoms with Gasteiger partial charge < -0.3 is 15.2 Å². The number of fused-ring (bicyclic) bond motifs is 1. The quantitative estimate of drug-likeness (QED) is 0.613. The van der Waals surface area contributed by atoms with Gasteiger partial charge in [0.15, 0.2) is 5.78 Å². The summed E-state index contributed by atoms with van der Waals surface area (Å²) in [5.41, 5.74) is 1.08. The lowest BCUT2D eigenvalue weighted by Gasteiger charge is -1.98. The van der Waals surface area contributed by atoms with Gasteiger partial charge in [-0.15, -0.1) is 0 Å².